The number of hydrogen-bond acceptors (Lipinski definition) is 5. The third kappa shape index (κ3) is 6.45. The zero-order valence-corrected chi connectivity index (χ0v) is 34.2. The van der Waals surface area contributed by atoms with Crippen molar-refractivity contribution < 1.29 is 32.2 Å². The van der Waals surface area contributed by atoms with E-state index in [-0.39, 0.29) is 0 Å². The molecule has 51 heavy (non-hydrogen) atoms. The van der Waals surface area contributed by atoms with Gasteiger partial charge in [-0.1, -0.05) is 0 Å². The fourth-order valence-electron chi connectivity index (χ4n) is 7.04. The molecule has 0 bridgehead atoms. The summed E-state index contributed by atoms with van der Waals surface area (Å²) in [5, 5.41) is 7.18. The van der Waals surface area contributed by atoms with Crippen molar-refractivity contribution in [2.24, 2.45) is 0 Å². The Hall–Kier alpha value is -3.83. The van der Waals surface area contributed by atoms with Gasteiger partial charge in [0.1, 0.15) is 0 Å². The number of methoxy groups -OCH3 is 2. The summed E-state index contributed by atoms with van der Waals surface area (Å²) in [6, 6.07) is 37.7. The summed E-state index contributed by atoms with van der Waals surface area (Å²) < 4.78 is 24.7. The van der Waals surface area contributed by atoms with Gasteiger partial charge in [0.05, 0.1) is 0 Å². The molecule has 7 rings (SSSR count). The topological polar surface area (TPSA) is 27.7 Å². The van der Waals surface area contributed by atoms with Crippen molar-refractivity contribution in [3.8, 4) is 15.9 Å². The molecule has 0 atom stereocenters. The molecular weight excluding hydrogens is 862 g/mol. The first kappa shape index (κ1) is 35.6. The molecule has 1 aliphatic heterocycles. The molecule has 0 aliphatic carbocycles. The molecule has 4 aromatic carbocycles. The Balaban J connectivity index is 1.65. The van der Waals surface area contributed by atoms with E-state index in [1.165, 1.54) is 37.3 Å². The molecule has 1 saturated heterocycles. The Morgan fingerprint density at radius 2 is 1.31 bits per heavy atom. The zero-order valence-electron chi connectivity index (χ0n) is 29.1. The summed E-state index contributed by atoms with van der Waals surface area (Å²) in [5.41, 5.74) is 3.62. The summed E-state index contributed by atoms with van der Waals surface area (Å²) in [5.74, 6) is 1.77. The Kier molecular flexibility index (Phi) is 11.0. The van der Waals surface area contributed by atoms with Gasteiger partial charge in [-0.15, -0.1) is 0 Å². The summed E-state index contributed by atoms with van der Waals surface area (Å²) in [4.78, 5) is 2.31. The SMILES string of the molecule is C/C=C/c1cc2c(OC)c3sc(C(C=C4COCC4=CCC)=C([C]#[Os])[P+](c4ccccc4)(c4ccccc4)c4ccccc4)cc3c(OC)c2s1. The quantitative estimate of drug-likeness (QED) is 0.128. The van der Waals surface area contributed by atoms with Crippen molar-refractivity contribution in [2.75, 3.05) is 27.4 Å². The molecule has 0 unspecified atom stereocenters. The molecule has 0 N–H and O–H groups in total. The van der Waals surface area contributed by atoms with E-state index in [4.69, 9.17) is 14.2 Å². The monoisotopic (exact) mass is 902 g/mol. The van der Waals surface area contributed by atoms with Gasteiger partial charge in [-0.25, -0.2) is 0 Å². The predicted octanol–water partition coefficient (Wildman–Crippen LogP) is 10.7. The van der Waals surface area contributed by atoms with Crippen LogP contribution >= 0.6 is 29.9 Å². The summed E-state index contributed by atoms with van der Waals surface area (Å²) in [6.07, 6.45) is 9.86. The molecule has 0 spiro atoms. The van der Waals surface area contributed by atoms with Crippen LogP contribution in [0.15, 0.2) is 138 Å². The van der Waals surface area contributed by atoms with Gasteiger partial charge in [-0.2, -0.15) is 0 Å². The van der Waals surface area contributed by atoms with Crippen LogP contribution in [0.4, 0.5) is 0 Å². The average molecular weight is 901 g/mol. The number of rotatable bonds is 10. The molecule has 3 nitrogen and oxygen atoms in total. The first-order valence-corrected chi connectivity index (χ1v) is 21.7. The fraction of sp³-hybridized carbons (Fsp3) is 0.159. The van der Waals surface area contributed by atoms with E-state index in [9.17, 15) is 0 Å². The molecule has 1 aliphatic rings. The number of allylic oxidation sites excluding steroid dienone is 5. The molecule has 1 fully saturated rings. The van der Waals surface area contributed by atoms with Crippen LogP contribution in [-0.2, 0) is 22.7 Å². The number of ether oxygens (including phenoxy) is 3. The van der Waals surface area contributed by atoms with Crippen molar-refractivity contribution in [1.82, 2.24) is 0 Å². The standard InChI is InChI=1S/C44H39O3PS2.Os/c1-6-17-31-28-47-29-32(31)25-37(40-27-39-42(46-5)43-38(26-36(49-43)18-7-2)41(45-4)44(39)50-40)30(3)48(33-19-11-8-12-20-33,34-21-13-9-14-22-34)35-23-15-10-16-24-35;/h7-27H,6,28-29H2,1-2,4-5H3;/q+1;/b18-7+,31-17?,32-25?,37-30?;. The maximum absolute atomic E-state index is 6.24. The van der Waals surface area contributed by atoms with E-state index in [2.05, 4.69) is 139 Å². The second-order valence-corrected chi connectivity index (χ2v) is 18.2. The van der Waals surface area contributed by atoms with Crippen molar-refractivity contribution in [3.63, 3.8) is 0 Å². The van der Waals surface area contributed by atoms with Gasteiger partial charge in [0.25, 0.3) is 0 Å². The fourth-order valence-corrected chi connectivity index (χ4v) is 15.3. The van der Waals surface area contributed by atoms with Crippen molar-refractivity contribution in [3.05, 3.63) is 148 Å². The van der Waals surface area contributed by atoms with E-state index in [1.807, 2.05) is 24.9 Å². The molecule has 0 saturated carbocycles. The van der Waals surface area contributed by atoms with Crippen LogP contribution in [-0.4, -0.2) is 27.4 Å². The van der Waals surface area contributed by atoms with Crippen molar-refractivity contribution in [2.45, 2.75) is 20.3 Å². The minimum atomic E-state index is -2.49. The first-order chi connectivity index (χ1) is 25.1. The summed E-state index contributed by atoms with van der Waals surface area (Å²) in [7, 11) is 1.06. The van der Waals surface area contributed by atoms with Gasteiger partial charge in [0.2, 0.25) is 0 Å². The molecule has 6 aromatic rings. The Bertz CT molecular complexity index is 2210. The van der Waals surface area contributed by atoms with Crippen LogP contribution < -0.4 is 25.4 Å². The summed E-state index contributed by atoms with van der Waals surface area (Å²) in [6.45, 7) is 5.43. The molecule has 257 valence electrons. The predicted molar refractivity (Wildman–Crippen MR) is 218 cm³/mol. The van der Waals surface area contributed by atoms with E-state index in [1.54, 1.807) is 36.9 Å². The van der Waals surface area contributed by atoms with E-state index < -0.39 is 7.26 Å². The minimum absolute atomic E-state index is 0.572. The van der Waals surface area contributed by atoms with Crippen LogP contribution in [0.1, 0.15) is 30.0 Å². The number of hydrogen-bond donors (Lipinski definition) is 0. The number of fused-ring (bicyclic) bond motifs is 2. The van der Waals surface area contributed by atoms with Gasteiger partial charge >= 0.3 is 314 Å². The molecule has 2 aromatic heterocycles. The Morgan fingerprint density at radius 3 is 1.82 bits per heavy atom. The van der Waals surface area contributed by atoms with Gasteiger partial charge in [0, 0.05) is 0 Å². The van der Waals surface area contributed by atoms with Crippen LogP contribution in [0, 0.1) is 4.37 Å². The third-order valence-electron chi connectivity index (χ3n) is 9.19. The first-order valence-electron chi connectivity index (χ1n) is 17.0. The second-order valence-electron chi connectivity index (χ2n) is 12.1. The van der Waals surface area contributed by atoms with Crippen LogP contribution in [0.2, 0.25) is 0 Å². The third-order valence-corrected chi connectivity index (χ3v) is 16.8. The van der Waals surface area contributed by atoms with E-state index >= 15 is 0 Å². The normalized spacial score (nSPS) is 15.6. The van der Waals surface area contributed by atoms with Crippen molar-refractivity contribution in [1.29, 1.82) is 0 Å². The molecule has 0 amide bonds. The van der Waals surface area contributed by atoms with Gasteiger partial charge in [0.15, 0.2) is 0 Å². The molecule has 7 heteroatoms. The van der Waals surface area contributed by atoms with Gasteiger partial charge in [-0.3, -0.25) is 0 Å². The van der Waals surface area contributed by atoms with Gasteiger partial charge in [-0.05, 0) is 6.92 Å². The number of benzene rings is 4. The molecular formula is C44H39O3OsPS2+. The maximum atomic E-state index is 6.24. The van der Waals surface area contributed by atoms with E-state index in [0.29, 0.717) is 13.2 Å². The van der Waals surface area contributed by atoms with Crippen LogP contribution in [0.25, 0.3) is 31.8 Å². The summed E-state index contributed by atoms with van der Waals surface area (Å²) >= 11 is 5.31. The Morgan fingerprint density at radius 1 is 0.784 bits per heavy atom. The number of thiophene rings is 2. The van der Waals surface area contributed by atoms with Crippen molar-refractivity contribution >= 4 is 77.7 Å². The second kappa shape index (κ2) is 15.8. The van der Waals surface area contributed by atoms with Gasteiger partial charge < -0.3 is 0 Å². The average Bonchev–Trinajstić information content (AvgIpc) is 3.92. The van der Waals surface area contributed by atoms with Crippen LogP contribution in [0.3, 0.4) is 0 Å². The Labute approximate surface area is 319 Å². The van der Waals surface area contributed by atoms with Crippen LogP contribution in [0.5, 0.6) is 11.5 Å². The molecule has 3 heterocycles. The zero-order chi connectivity index (χ0) is 35.4. The molecule has 0 radical (unpaired) electrons. The van der Waals surface area contributed by atoms with E-state index in [0.717, 1.165) is 48.5 Å².